The normalized spacial score (nSPS) is 14.7. The van der Waals surface area contributed by atoms with E-state index in [-0.39, 0.29) is 11.9 Å². The van der Waals surface area contributed by atoms with Crippen LogP contribution in [0.4, 0.5) is 11.5 Å². The quantitative estimate of drug-likeness (QED) is 0.543. The molecule has 2 aromatic carbocycles. The van der Waals surface area contributed by atoms with Crippen LogP contribution in [0.5, 0.6) is 0 Å². The Labute approximate surface area is 177 Å². The van der Waals surface area contributed by atoms with Gasteiger partial charge in [0, 0.05) is 22.9 Å². The molecule has 0 unspecified atom stereocenters. The van der Waals surface area contributed by atoms with Crippen molar-refractivity contribution >= 4 is 17.4 Å². The third-order valence-corrected chi connectivity index (χ3v) is 5.60. The highest BCUT2D eigenvalue weighted by atomic mass is 16.1. The lowest BCUT2D eigenvalue weighted by molar-refractivity contribution is 0.0933. The molecule has 5 heteroatoms. The van der Waals surface area contributed by atoms with Gasteiger partial charge in [0.2, 0.25) is 0 Å². The molecule has 1 amide bonds. The highest BCUT2D eigenvalue weighted by molar-refractivity contribution is 5.95. The van der Waals surface area contributed by atoms with Crippen LogP contribution in [0.25, 0.3) is 11.3 Å². The van der Waals surface area contributed by atoms with Crippen molar-refractivity contribution in [3.8, 4) is 11.3 Å². The number of amides is 1. The molecule has 0 radical (unpaired) electrons. The Morgan fingerprint density at radius 1 is 0.900 bits per heavy atom. The molecule has 0 saturated heterocycles. The third-order valence-electron chi connectivity index (χ3n) is 5.60. The molecule has 1 saturated carbocycles. The SMILES string of the molecule is Cc1ccc(-c2ccc(Nc3cccc(C(=O)NC4CCCCCC4)c3)nn2)cc1. The summed E-state index contributed by atoms with van der Waals surface area (Å²) in [5.41, 5.74) is 4.57. The molecule has 0 bridgehead atoms. The summed E-state index contributed by atoms with van der Waals surface area (Å²) in [6, 6.07) is 19.9. The Morgan fingerprint density at radius 3 is 2.37 bits per heavy atom. The van der Waals surface area contributed by atoms with Gasteiger partial charge >= 0.3 is 0 Å². The number of hydrogen-bond donors (Lipinski definition) is 2. The molecule has 1 aliphatic rings. The van der Waals surface area contributed by atoms with Crippen LogP contribution in [-0.4, -0.2) is 22.1 Å². The summed E-state index contributed by atoms with van der Waals surface area (Å²) in [6.07, 6.45) is 7.10. The average Bonchev–Trinajstić information content (AvgIpc) is 3.04. The standard InChI is InChI=1S/C25H28N4O/c1-18-11-13-19(14-12-18)23-15-16-24(29-28-23)26-22-10-6-7-20(17-22)25(30)27-21-8-4-2-3-5-9-21/h6-7,10-17,21H,2-5,8-9H2,1H3,(H,26,29)(H,27,30). The monoisotopic (exact) mass is 400 g/mol. The van der Waals surface area contributed by atoms with Crippen molar-refractivity contribution in [2.75, 3.05) is 5.32 Å². The van der Waals surface area contributed by atoms with Crippen LogP contribution in [0.2, 0.25) is 0 Å². The number of nitrogens with zero attached hydrogens (tertiary/aromatic N) is 2. The van der Waals surface area contributed by atoms with E-state index in [0.717, 1.165) is 29.8 Å². The van der Waals surface area contributed by atoms with E-state index in [2.05, 4.69) is 39.9 Å². The summed E-state index contributed by atoms with van der Waals surface area (Å²) in [5, 5.41) is 15.1. The molecule has 2 N–H and O–H groups in total. The minimum Gasteiger partial charge on any atom is -0.349 e. The number of carbonyl (C=O) groups is 1. The molecule has 4 rings (SSSR count). The zero-order chi connectivity index (χ0) is 20.8. The lowest BCUT2D eigenvalue weighted by Crippen LogP contribution is -2.34. The number of nitrogens with one attached hydrogen (secondary N) is 2. The predicted molar refractivity (Wildman–Crippen MR) is 121 cm³/mol. The Hall–Kier alpha value is -3.21. The van der Waals surface area contributed by atoms with Gasteiger partial charge in [-0.25, -0.2) is 0 Å². The van der Waals surface area contributed by atoms with E-state index >= 15 is 0 Å². The fourth-order valence-corrected chi connectivity index (χ4v) is 3.86. The molecule has 30 heavy (non-hydrogen) atoms. The maximum Gasteiger partial charge on any atom is 0.251 e. The van der Waals surface area contributed by atoms with Crippen LogP contribution >= 0.6 is 0 Å². The van der Waals surface area contributed by atoms with Gasteiger partial charge < -0.3 is 10.6 Å². The topological polar surface area (TPSA) is 66.9 Å². The molecule has 1 aromatic heterocycles. The van der Waals surface area contributed by atoms with Gasteiger partial charge in [-0.1, -0.05) is 61.6 Å². The first-order valence-electron chi connectivity index (χ1n) is 10.8. The summed E-state index contributed by atoms with van der Waals surface area (Å²) < 4.78 is 0. The van der Waals surface area contributed by atoms with Crippen LogP contribution < -0.4 is 10.6 Å². The van der Waals surface area contributed by atoms with Crippen LogP contribution in [0.3, 0.4) is 0 Å². The second kappa shape index (κ2) is 9.53. The first kappa shape index (κ1) is 20.1. The minimum atomic E-state index is -0.00801. The number of rotatable bonds is 5. The number of hydrogen-bond acceptors (Lipinski definition) is 4. The van der Waals surface area contributed by atoms with Gasteiger partial charge in [-0.15, -0.1) is 10.2 Å². The lowest BCUT2D eigenvalue weighted by atomic mass is 10.1. The Bertz CT molecular complexity index is 975. The van der Waals surface area contributed by atoms with Crippen LogP contribution in [0, 0.1) is 6.92 Å². The average molecular weight is 401 g/mol. The Balaban J connectivity index is 1.41. The second-order valence-corrected chi connectivity index (χ2v) is 8.04. The molecule has 1 aliphatic carbocycles. The van der Waals surface area contributed by atoms with E-state index < -0.39 is 0 Å². The summed E-state index contributed by atoms with van der Waals surface area (Å²) >= 11 is 0. The van der Waals surface area contributed by atoms with E-state index in [1.54, 1.807) is 0 Å². The molecule has 3 aromatic rings. The number of aromatic nitrogens is 2. The van der Waals surface area contributed by atoms with E-state index in [0.29, 0.717) is 11.4 Å². The highest BCUT2D eigenvalue weighted by Crippen LogP contribution is 2.21. The fourth-order valence-electron chi connectivity index (χ4n) is 3.86. The Morgan fingerprint density at radius 2 is 1.67 bits per heavy atom. The lowest BCUT2D eigenvalue weighted by Gasteiger charge is -2.16. The van der Waals surface area contributed by atoms with Crippen molar-refractivity contribution in [1.29, 1.82) is 0 Å². The zero-order valence-corrected chi connectivity index (χ0v) is 17.4. The van der Waals surface area contributed by atoms with Crippen LogP contribution in [-0.2, 0) is 0 Å². The summed E-state index contributed by atoms with van der Waals surface area (Å²) in [7, 11) is 0. The molecule has 1 heterocycles. The van der Waals surface area contributed by atoms with Gasteiger partial charge in [-0.3, -0.25) is 4.79 Å². The van der Waals surface area contributed by atoms with Crippen LogP contribution in [0.15, 0.2) is 60.7 Å². The van der Waals surface area contributed by atoms with E-state index in [9.17, 15) is 4.79 Å². The number of carbonyl (C=O) groups excluding carboxylic acids is 1. The van der Waals surface area contributed by atoms with Gasteiger partial charge in [-0.2, -0.15) is 0 Å². The molecule has 5 nitrogen and oxygen atoms in total. The Kier molecular flexibility index (Phi) is 6.38. The van der Waals surface area contributed by atoms with Gasteiger partial charge in [0.05, 0.1) is 5.69 Å². The minimum absolute atomic E-state index is 0.00801. The molecule has 0 aliphatic heterocycles. The number of anilines is 2. The van der Waals surface area contributed by atoms with E-state index in [4.69, 9.17) is 0 Å². The molecule has 0 spiro atoms. The molecular formula is C25H28N4O. The first-order valence-corrected chi connectivity index (χ1v) is 10.8. The van der Waals surface area contributed by atoms with Crippen molar-refractivity contribution in [2.24, 2.45) is 0 Å². The van der Waals surface area contributed by atoms with Gasteiger partial charge in [-0.05, 0) is 50.1 Å². The van der Waals surface area contributed by atoms with Crippen molar-refractivity contribution in [3.63, 3.8) is 0 Å². The van der Waals surface area contributed by atoms with E-state index in [1.165, 1.54) is 31.2 Å². The number of aryl methyl sites for hydroxylation is 1. The molecule has 1 fully saturated rings. The smallest absolute Gasteiger partial charge is 0.251 e. The highest BCUT2D eigenvalue weighted by Gasteiger charge is 2.16. The second-order valence-electron chi connectivity index (χ2n) is 8.04. The predicted octanol–water partition coefficient (Wildman–Crippen LogP) is 5.65. The van der Waals surface area contributed by atoms with Crippen LogP contribution in [0.1, 0.15) is 54.4 Å². The molecule has 154 valence electrons. The maximum atomic E-state index is 12.7. The molecular weight excluding hydrogens is 372 g/mol. The van der Waals surface area contributed by atoms with E-state index in [1.807, 2.05) is 48.5 Å². The van der Waals surface area contributed by atoms with Crippen molar-refractivity contribution < 1.29 is 4.79 Å². The van der Waals surface area contributed by atoms with Crippen molar-refractivity contribution in [1.82, 2.24) is 15.5 Å². The summed E-state index contributed by atoms with van der Waals surface area (Å²) in [4.78, 5) is 12.7. The van der Waals surface area contributed by atoms with Gasteiger partial charge in [0.25, 0.3) is 5.91 Å². The number of benzene rings is 2. The zero-order valence-electron chi connectivity index (χ0n) is 17.4. The summed E-state index contributed by atoms with van der Waals surface area (Å²) in [6.45, 7) is 2.06. The van der Waals surface area contributed by atoms with Gasteiger partial charge in [0.15, 0.2) is 5.82 Å². The third kappa shape index (κ3) is 5.23. The van der Waals surface area contributed by atoms with Crippen molar-refractivity contribution in [2.45, 2.75) is 51.5 Å². The summed E-state index contributed by atoms with van der Waals surface area (Å²) in [5.74, 6) is 0.638. The largest absolute Gasteiger partial charge is 0.349 e. The van der Waals surface area contributed by atoms with Gasteiger partial charge in [0.1, 0.15) is 0 Å². The first-order chi connectivity index (χ1) is 14.7. The fraction of sp³-hybridized carbons (Fsp3) is 0.320. The van der Waals surface area contributed by atoms with Crippen molar-refractivity contribution in [3.05, 3.63) is 71.8 Å². The molecule has 0 atom stereocenters. The maximum absolute atomic E-state index is 12.7.